The maximum Gasteiger partial charge on any atom is 0.0448 e. The number of aliphatic hydroxyl groups is 1. The second kappa shape index (κ2) is 8.25. The van der Waals surface area contributed by atoms with E-state index in [1.807, 2.05) is 0 Å². The molecule has 0 fully saturated rings. The van der Waals surface area contributed by atoms with Crippen LogP contribution < -0.4 is 5.32 Å². The lowest BCUT2D eigenvalue weighted by Crippen LogP contribution is -2.43. The molecular weight excluding hydrogens is 174 g/mol. The Hall–Kier alpha value is -0.0800. The molecule has 1 unspecified atom stereocenters. The molecule has 2 N–H and O–H groups in total. The number of unbranched alkanes of at least 4 members (excludes halogenated alkanes) is 3. The lowest BCUT2D eigenvalue weighted by Gasteiger charge is -2.29. The molecule has 0 amide bonds. The van der Waals surface area contributed by atoms with Gasteiger partial charge in [0.15, 0.2) is 0 Å². The molecule has 1 atom stereocenters. The van der Waals surface area contributed by atoms with E-state index in [4.69, 9.17) is 5.11 Å². The second-order valence-electron chi connectivity index (χ2n) is 4.38. The fraction of sp³-hybridized carbons (Fsp3) is 1.00. The van der Waals surface area contributed by atoms with Crippen molar-refractivity contribution in [2.45, 2.75) is 64.8 Å². The Balaban J connectivity index is 3.51. The van der Waals surface area contributed by atoms with Gasteiger partial charge in [0.25, 0.3) is 0 Å². The summed E-state index contributed by atoms with van der Waals surface area (Å²) in [6, 6.07) is 0. The molecule has 0 rings (SSSR count). The van der Waals surface area contributed by atoms with Crippen LogP contribution in [0.25, 0.3) is 0 Å². The summed E-state index contributed by atoms with van der Waals surface area (Å²) < 4.78 is 0. The monoisotopic (exact) mass is 201 g/mol. The van der Waals surface area contributed by atoms with E-state index in [1.165, 1.54) is 25.7 Å². The van der Waals surface area contributed by atoms with Crippen LogP contribution in [0.1, 0.15) is 59.3 Å². The van der Waals surface area contributed by atoms with Crippen molar-refractivity contribution < 1.29 is 5.11 Å². The van der Waals surface area contributed by atoms with Crippen molar-refractivity contribution in [3.63, 3.8) is 0 Å². The minimum absolute atomic E-state index is 0.140. The lowest BCUT2D eigenvalue weighted by molar-refractivity contribution is 0.215. The third kappa shape index (κ3) is 6.39. The molecule has 0 saturated carbocycles. The third-order valence-electron chi connectivity index (χ3n) is 3.03. The fourth-order valence-corrected chi connectivity index (χ4v) is 1.58. The molecule has 0 aliphatic rings. The average Bonchev–Trinajstić information content (AvgIpc) is 2.18. The zero-order valence-corrected chi connectivity index (χ0v) is 10.1. The highest BCUT2D eigenvalue weighted by molar-refractivity contribution is 4.80. The number of hydrogen-bond donors (Lipinski definition) is 2. The first kappa shape index (κ1) is 13.9. The summed E-state index contributed by atoms with van der Waals surface area (Å²) in [4.78, 5) is 0. The van der Waals surface area contributed by atoms with E-state index in [0.29, 0.717) is 0 Å². The summed E-state index contributed by atoms with van der Waals surface area (Å²) in [7, 11) is 0. The summed E-state index contributed by atoms with van der Waals surface area (Å²) in [6.07, 6.45) is 7.15. The molecule has 86 valence electrons. The van der Waals surface area contributed by atoms with Gasteiger partial charge in [0.2, 0.25) is 0 Å². The Bertz CT molecular complexity index is 127. The lowest BCUT2D eigenvalue weighted by atomic mass is 9.95. The van der Waals surface area contributed by atoms with Crippen molar-refractivity contribution in [2.24, 2.45) is 0 Å². The Labute approximate surface area is 89.1 Å². The molecule has 0 aliphatic heterocycles. The van der Waals surface area contributed by atoms with Gasteiger partial charge in [0.1, 0.15) is 0 Å². The molecule has 0 aromatic heterocycles. The van der Waals surface area contributed by atoms with Crippen LogP contribution in [0.3, 0.4) is 0 Å². The van der Waals surface area contributed by atoms with E-state index in [0.717, 1.165) is 19.4 Å². The van der Waals surface area contributed by atoms with Crippen molar-refractivity contribution in [3.05, 3.63) is 0 Å². The average molecular weight is 201 g/mol. The molecule has 2 heteroatoms. The van der Waals surface area contributed by atoms with Gasteiger partial charge in [-0.15, -0.1) is 0 Å². The van der Waals surface area contributed by atoms with Crippen LogP contribution in [0.5, 0.6) is 0 Å². The van der Waals surface area contributed by atoms with Crippen LogP contribution >= 0.6 is 0 Å². The number of rotatable bonds is 9. The molecule has 0 aromatic carbocycles. The highest BCUT2D eigenvalue weighted by Gasteiger charge is 2.19. The van der Waals surface area contributed by atoms with E-state index in [9.17, 15) is 0 Å². The van der Waals surface area contributed by atoms with Gasteiger partial charge in [-0.3, -0.25) is 0 Å². The summed E-state index contributed by atoms with van der Waals surface area (Å²) in [5.74, 6) is 0. The Morgan fingerprint density at radius 2 is 1.86 bits per heavy atom. The van der Waals surface area contributed by atoms with E-state index in [-0.39, 0.29) is 12.1 Å². The van der Waals surface area contributed by atoms with Gasteiger partial charge in [-0.05, 0) is 32.7 Å². The SMILES string of the molecule is CCCCCCNC(C)(CC)CCO. The van der Waals surface area contributed by atoms with Gasteiger partial charge in [0.05, 0.1) is 0 Å². The van der Waals surface area contributed by atoms with Gasteiger partial charge >= 0.3 is 0 Å². The van der Waals surface area contributed by atoms with Crippen LogP contribution in [-0.2, 0) is 0 Å². The first-order valence-corrected chi connectivity index (χ1v) is 6.04. The molecule has 0 spiro atoms. The smallest absolute Gasteiger partial charge is 0.0448 e. The van der Waals surface area contributed by atoms with E-state index in [2.05, 4.69) is 26.1 Å². The zero-order chi connectivity index (χ0) is 10.9. The molecular formula is C12H27NO. The quantitative estimate of drug-likeness (QED) is 0.562. The largest absolute Gasteiger partial charge is 0.396 e. The predicted molar refractivity (Wildman–Crippen MR) is 62.5 cm³/mol. The maximum absolute atomic E-state index is 8.93. The zero-order valence-electron chi connectivity index (χ0n) is 10.1. The fourth-order valence-electron chi connectivity index (χ4n) is 1.58. The minimum Gasteiger partial charge on any atom is -0.396 e. The van der Waals surface area contributed by atoms with Gasteiger partial charge in [-0.1, -0.05) is 33.1 Å². The van der Waals surface area contributed by atoms with Crippen LogP contribution in [0, 0.1) is 0 Å². The van der Waals surface area contributed by atoms with Crippen molar-refractivity contribution in [2.75, 3.05) is 13.2 Å². The van der Waals surface area contributed by atoms with Gasteiger partial charge < -0.3 is 10.4 Å². The Morgan fingerprint density at radius 3 is 2.36 bits per heavy atom. The summed E-state index contributed by atoms with van der Waals surface area (Å²) >= 11 is 0. The topological polar surface area (TPSA) is 32.3 Å². The molecule has 0 aromatic rings. The number of nitrogens with one attached hydrogen (secondary N) is 1. The van der Waals surface area contributed by atoms with Crippen molar-refractivity contribution in [1.29, 1.82) is 0 Å². The molecule has 0 radical (unpaired) electrons. The Kier molecular flexibility index (Phi) is 8.20. The molecule has 0 aliphatic carbocycles. The van der Waals surface area contributed by atoms with Crippen LogP contribution in [-0.4, -0.2) is 23.8 Å². The van der Waals surface area contributed by atoms with E-state index >= 15 is 0 Å². The number of aliphatic hydroxyl groups excluding tert-OH is 1. The Morgan fingerprint density at radius 1 is 1.14 bits per heavy atom. The van der Waals surface area contributed by atoms with Crippen LogP contribution in [0.15, 0.2) is 0 Å². The second-order valence-corrected chi connectivity index (χ2v) is 4.38. The van der Waals surface area contributed by atoms with Gasteiger partial charge in [-0.25, -0.2) is 0 Å². The van der Waals surface area contributed by atoms with Crippen LogP contribution in [0.2, 0.25) is 0 Å². The predicted octanol–water partition coefficient (Wildman–Crippen LogP) is 2.71. The summed E-state index contributed by atoms with van der Waals surface area (Å²) in [5.41, 5.74) is 0.140. The highest BCUT2D eigenvalue weighted by atomic mass is 16.3. The molecule has 0 heterocycles. The van der Waals surface area contributed by atoms with E-state index < -0.39 is 0 Å². The maximum atomic E-state index is 8.93. The number of hydrogen-bond acceptors (Lipinski definition) is 2. The van der Waals surface area contributed by atoms with Crippen molar-refractivity contribution in [3.8, 4) is 0 Å². The first-order valence-electron chi connectivity index (χ1n) is 6.04. The normalized spacial score (nSPS) is 15.4. The van der Waals surface area contributed by atoms with Gasteiger partial charge in [-0.2, -0.15) is 0 Å². The van der Waals surface area contributed by atoms with Gasteiger partial charge in [0, 0.05) is 12.1 Å². The molecule has 14 heavy (non-hydrogen) atoms. The van der Waals surface area contributed by atoms with E-state index in [1.54, 1.807) is 0 Å². The molecule has 2 nitrogen and oxygen atoms in total. The molecule has 0 saturated heterocycles. The summed E-state index contributed by atoms with van der Waals surface area (Å²) in [5, 5.41) is 12.5. The standard InChI is InChI=1S/C12H27NO/c1-4-6-7-8-10-13-12(3,5-2)9-11-14/h13-14H,4-11H2,1-3H3. The minimum atomic E-state index is 0.140. The third-order valence-corrected chi connectivity index (χ3v) is 3.03. The summed E-state index contributed by atoms with van der Waals surface area (Å²) in [6.45, 7) is 7.98. The van der Waals surface area contributed by atoms with Crippen molar-refractivity contribution >= 4 is 0 Å². The molecule has 0 bridgehead atoms. The first-order chi connectivity index (χ1) is 6.68. The highest BCUT2D eigenvalue weighted by Crippen LogP contribution is 2.13. The van der Waals surface area contributed by atoms with Crippen molar-refractivity contribution in [1.82, 2.24) is 5.32 Å². The van der Waals surface area contributed by atoms with Crippen LogP contribution in [0.4, 0.5) is 0 Å².